The summed E-state index contributed by atoms with van der Waals surface area (Å²) in [6.07, 6.45) is 3.53. The molecule has 1 amide bonds. The van der Waals surface area contributed by atoms with Gasteiger partial charge in [-0.05, 0) is 43.3 Å². The van der Waals surface area contributed by atoms with Gasteiger partial charge in [-0.2, -0.15) is 4.99 Å². The summed E-state index contributed by atoms with van der Waals surface area (Å²) in [5.74, 6) is -1.23. The van der Waals surface area contributed by atoms with E-state index in [0.717, 1.165) is 0 Å². The zero-order chi connectivity index (χ0) is 18.4. The van der Waals surface area contributed by atoms with E-state index in [1.54, 1.807) is 19.1 Å². The number of aromatic hydroxyl groups is 1. The number of carboxylic acids is 1. The molecule has 0 fully saturated rings. The molecule has 0 aliphatic rings. The van der Waals surface area contributed by atoms with Crippen molar-refractivity contribution < 1.29 is 24.5 Å². The summed E-state index contributed by atoms with van der Waals surface area (Å²) in [4.78, 5) is 26.6. The second-order valence-electron chi connectivity index (χ2n) is 4.81. The van der Waals surface area contributed by atoms with Crippen LogP contribution < -0.4 is 5.36 Å². The highest BCUT2D eigenvalue weighted by Gasteiger charge is 2.11. The fraction of sp³-hybridized carbons (Fsp3) is 0.118. The molecule has 0 aliphatic carbocycles. The van der Waals surface area contributed by atoms with Crippen LogP contribution in [-0.2, 0) is 9.53 Å². The predicted octanol–water partition coefficient (Wildman–Crippen LogP) is 3.10. The van der Waals surface area contributed by atoms with Crippen LogP contribution in [0.25, 0.3) is 11.8 Å². The summed E-state index contributed by atoms with van der Waals surface area (Å²) >= 11 is 3.27. The number of hydrogen-bond acceptors (Lipinski definition) is 4. The second kappa shape index (κ2) is 8.29. The first-order valence-electron chi connectivity index (χ1n) is 7.24. The number of phenols is 1. The Hall–Kier alpha value is -2.87. The van der Waals surface area contributed by atoms with Crippen LogP contribution in [0.5, 0.6) is 5.75 Å². The third kappa shape index (κ3) is 5.05. The van der Waals surface area contributed by atoms with Crippen molar-refractivity contribution >= 4 is 39.8 Å². The highest BCUT2D eigenvalue weighted by Crippen LogP contribution is 2.25. The molecule has 0 spiro atoms. The Morgan fingerprint density at radius 1 is 1.28 bits per heavy atom. The molecule has 0 bridgehead atoms. The lowest BCUT2D eigenvalue weighted by molar-refractivity contribution is -0.130. The molecule has 2 rings (SSSR count). The minimum atomic E-state index is -1.18. The number of pyridine rings is 1. The van der Waals surface area contributed by atoms with E-state index >= 15 is 0 Å². The molecule has 0 saturated heterocycles. The van der Waals surface area contributed by atoms with Gasteiger partial charge >= 0.3 is 12.1 Å². The maximum atomic E-state index is 11.6. The minimum absolute atomic E-state index is 0.0449. The molecule has 1 heterocycles. The number of phenolic OH excluding ortho intramolecular Hbond substituents is 1. The van der Waals surface area contributed by atoms with Crippen molar-refractivity contribution in [2.45, 2.75) is 6.92 Å². The fourth-order valence-electron chi connectivity index (χ4n) is 1.95. The molecule has 2 N–H and O–H groups in total. The number of nitrogens with zero attached hydrogens (tertiary/aromatic N) is 2. The van der Waals surface area contributed by atoms with Crippen LogP contribution >= 0.6 is 15.9 Å². The zero-order valence-corrected chi connectivity index (χ0v) is 14.8. The molecule has 130 valence electrons. The van der Waals surface area contributed by atoms with E-state index in [1.165, 1.54) is 41.2 Å². The van der Waals surface area contributed by atoms with Crippen molar-refractivity contribution in [1.29, 1.82) is 0 Å². The number of aliphatic carboxylic acids is 1. The summed E-state index contributed by atoms with van der Waals surface area (Å²) in [5, 5.41) is 19.7. The van der Waals surface area contributed by atoms with E-state index in [1.807, 2.05) is 0 Å². The molecule has 0 unspecified atom stereocenters. The monoisotopic (exact) mass is 406 g/mol. The Balaban J connectivity index is 2.41. The van der Waals surface area contributed by atoms with Crippen molar-refractivity contribution in [1.82, 2.24) is 4.57 Å². The van der Waals surface area contributed by atoms with Crippen LogP contribution in [0.2, 0.25) is 0 Å². The van der Waals surface area contributed by atoms with Crippen molar-refractivity contribution in [3.8, 4) is 5.75 Å². The summed E-state index contributed by atoms with van der Waals surface area (Å²) in [7, 11) is 0. The Labute approximate surface area is 151 Å². The number of rotatable bonds is 4. The van der Waals surface area contributed by atoms with Crippen molar-refractivity contribution in [3.63, 3.8) is 0 Å². The van der Waals surface area contributed by atoms with Gasteiger partial charge in [0.1, 0.15) is 11.4 Å². The molecule has 2 aromatic rings. The SMILES string of the molecule is CCOC(=O)N=c1ccn(C(=Cc2cc(Br)ccc2O)C(=O)O)cc1. The topological polar surface area (TPSA) is 101 Å². The quantitative estimate of drug-likeness (QED) is 0.759. The van der Waals surface area contributed by atoms with Gasteiger partial charge in [0.2, 0.25) is 0 Å². The number of ether oxygens (including phenoxy) is 1. The largest absolute Gasteiger partial charge is 0.507 e. The Bertz CT molecular complexity index is 882. The number of amides is 1. The molecule has 0 saturated carbocycles. The lowest BCUT2D eigenvalue weighted by atomic mass is 10.1. The number of aromatic nitrogens is 1. The highest BCUT2D eigenvalue weighted by molar-refractivity contribution is 9.10. The van der Waals surface area contributed by atoms with Crippen molar-refractivity contribution in [3.05, 3.63) is 58.1 Å². The summed E-state index contributed by atoms with van der Waals surface area (Å²) in [6, 6.07) is 7.67. The number of carboxylic acid groups (broad SMARTS) is 1. The standard InChI is InChI=1S/C17H15BrN2O5/c1-2-25-17(24)19-13-5-7-20(8-6-13)14(16(22)23)10-11-9-12(18)3-4-15(11)21/h3-10,21H,2H2,1H3,(H,22,23). The third-order valence-corrected chi connectivity index (χ3v) is 3.57. The average molecular weight is 407 g/mol. The maximum absolute atomic E-state index is 11.6. The predicted molar refractivity (Wildman–Crippen MR) is 94.6 cm³/mol. The molecule has 1 aromatic carbocycles. The first-order chi connectivity index (χ1) is 11.9. The Morgan fingerprint density at radius 3 is 2.56 bits per heavy atom. The summed E-state index contributed by atoms with van der Waals surface area (Å²) in [5.41, 5.74) is 0.260. The van der Waals surface area contributed by atoms with Gasteiger partial charge in [-0.1, -0.05) is 15.9 Å². The lowest BCUT2D eigenvalue weighted by Gasteiger charge is -2.08. The molecular formula is C17H15BrN2O5. The van der Waals surface area contributed by atoms with Gasteiger partial charge in [0.05, 0.1) is 12.0 Å². The highest BCUT2D eigenvalue weighted by atomic mass is 79.9. The van der Waals surface area contributed by atoms with Crippen LogP contribution in [0.4, 0.5) is 4.79 Å². The van der Waals surface area contributed by atoms with Gasteiger partial charge < -0.3 is 19.5 Å². The number of benzene rings is 1. The molecular weight excluding hydrogens is 392 g/mol. The first kappa shape index (κ1) is 18.5. The average Bonchev–Trinajstić information content (AvgIpc) is 2.56. The fourth-order valence-corrected chi connectivity index (χ4v) is 2.33. The zero-order valence-electron chi connectivity index (χ0n) is 13.2. The molecule has 8 heteroatoms. The summed E-state index contributed by atoms with van der Waals surface area (Å²) < 4.78 is 6.76. The van der Waals surface area contributed by atoms with Gasteiger partial charge in [-0.15, -0.1) is 0 Å². The van der Waals surface area contributed by atoms with E-state index < -0.39 is 12.1 Å². The molecule has 1 aromatic heterocycles. The van der Waals surface area contributed by atoms with Gasteiger partial charge in [0.15, 0.2) is 0 Å². The second-order valence-corrected chi connectivity index (χ2v) is 5.73. The van der Waals surface area contributed by atoms with E-state index in [0.29, 0.717) is 15.4 Å². The van der Waals surface area contributed by atoms with Gasteiger partial charge in [-0.25, -0.2) is 9.59 Å². The normalized spacial score (nSPS) is 11.0. The maximum Gasteiger partial charge on any atom is 0.434 e. The molecule has 25 heavy (non-hydrogen) atoms. The van der Waals surface area contributed by atoms with E-state index in [2.05, 4.69) is 20.9 Å². The van der Waals surface area contributed by atoms with E-state index in [-0.39, 0.29) is 18.1 Å². The third-order valence-electron chi connectivity index (χ3n) is 3.08. The van der Waals surface area contributed by atoms with Crippen molar-refractivity contribution in [2.75, 3.05) is 6.61 Å². The number of halogens is 1. The summed E-state index contributed by atoms with van der Waals surface area (Å²) in [6.45, 7) is 1.89. The van der Waals surface area contributed by atoms with E-state index in [4.69, 9.17) is 4.74 Å². The molecule has 0 atom stereocenters. The number of carbonyl (C=O) groups excluding carboxylic acids is 1. The smallest absolute Gasteiger partial charge is 0.434 e. The molecule has 0 aliphatic heterocycles. The van der Waals surface area contributed by atoms with Gasteiger partial charge in [0, 0.05) is 22.4 Å². The molecule has 0 radical (unpaired) electrons. The van der Waals surface area contributed by atoms with Crippen molar-refractivity contribution in [2.24, 2.45) is 4.99 Å². The van der Waals surface area contributed by atoms with Crippen LogP contribution in [0, 0.1) is 0 Å². The lowest BCUT2D eigenvalue weighted by Crippen LogP contribution is -2.12. The number of hydrogen-bond donors (Lipinski definition) is 2. The van der Waals surface area contributed by atoms with Gasteiger partial charge in [0.25, 0.3) is 0 Å². The minimum Gasteiger partial charge on any atom is -0.507 e. The first-order valence-corrected chi connectivity index (χ1v) is 8.03. The molecule has 7 nitrogen and oxygen atoms in total. The van der Waals surface area contributed by atoms with Crippen LogP contribution in [-0.4, -0.2) is 33.4 Å². The number of carbonyl (C=O) groups is 2. The van der Waals surface area contributed by atoms with Crippen LogP contribution in [0.15, 0.2) is 52.2 Å². The van der Waals surface area contributed by atoms with E-state index in [9.17, 15) is 19.8 Å². The van der Waals surface area contributed by atoms with Crippen LogP contribution in [0.1, 0.15) is 12.5 Å². The Kier molecular flexibility index (Phi) is 6.13. The van der Waals surface area contributed by atoms with Crippen LogP contribution in [0.3, 0.4) is 0 Å². The van der Waals surface area contributed by atoms with Gasteiger partial charge in [-0.3, -0.25) is 0 Å². The Morgan fingerprint density at radius 2 is 1.96 bits per heavy atom.